The van der Waals surface area contributed by atoms with Crippen LogP contribution in [0.25, 0.3) is 0 Å². The maximum atomic E-state index is 4.70. The first kappa shape index (κ1) is 5.56. The van der Waals surface area contributed by atoms with Crippen LogP contribution < -0.4 is 0 Å². The second-order valence-corrected chi connectivity index (χ2v) is 1.85. The molecule has 0 aliphatic carbocycles. The second kappa shape index (κ2) is 2.67. The zero-order valence-electron chi connectivity index (χ0n) is 4.37. The number of rotatable bonds is 0. The van der Waals surface area contributed by atoms with Crippen molar-refractivity contribution in [2.24, 2.45) is 9.98 Å². The zero-order valence-corrected chi connectivity index (χ0v) is 5.19. The third-order valence-corrected chi connectivity index (χ3v) is 1.04. The van der Waals surface area contributed by atoms with Crippen molar-refractivity contribution in [1.82, 2.24) is 0 Å². The molecule has 0 amide bonds. The number of aliphatic imine (C=N–C) groups is 2. The van der Waals surface area contributed by atoms with Gasteiger partial charge in [-0.3, -0.25) is 0 Å². The van der Waals surface area contributed by atoms with Crippen molar-refractivity contribution in [2.45, 2.75) is 12.8 Å². The van der Waals surface area contributed by atoms with Crippen molar-refractivity contribution in [2.75, 3.05) is 0 Å². The summed E-state index contributed by atoms with van der Waals surface area (Å²) in [5.41, 5.74) is 0. The summed E-state index contributed by atoms with van der Waals surface area (Å²) in [4.78, 5) is 7.66. The molecule has 0 aromatic heterocycles. The Hall–Kier alpha value is -0.570. The molecule has 0 unspecified atom stereocenters. The van der Waals surface area contributed by atoms with E-state index < -0.39 is 0 Å². The van der Waals surface area contributed by atoms with Gasteiger partial charge in [0.2, 0.25) is 5.11 Å². The fraction of sp³-hybridized carbons (Fsp3) is 0.400. The van der Waals surface area contributed by atoms with Gasteiger partial charge < -0.3 is 0 Å². The van der Waals surface area contributed by atoms with Gasteiger partial charge in [-0.15, -0.1) is 0 Å². The van der Waals surface area contributed by atoms with Gasteiger partial charge in [-0.25, -0.2) is 9.98 Å². The van der Waals surface area contributed by atoms with Crippen molar-refractivity contribution < 1.29 is 0 Å². The van der Waals surface area contributed by atoms with Gasteiger partial charge in [0.1, 0.15) is 0 Å². The summed E-state index contributed by atoms with van der Waals surface area (Å²) < 4.78 is 0. The molecule has 42 valence electrons. The van der Waals surface area contributed by atoms with Gasteiger partial charge in [0.05, 0.1) is 0 Å². The molecule has 0 radical (unpaired) electrons. The molecule has 1 heterocycles. The monoisotopic (exact) mass is 126 g/mol. The molecule has 0 fully saturated rings. The van der Waals surface area contributed by atoms with E-state index in [0.717, 1.165) is 12.8 Å². The van der Waals surface area contributed by atoms with Gasteiger partial charge in [-0.05, 0) is 25.1 Å². The lowest BCUT2D eigenvalue weighted by Crippen LogP contribution is -1.78. The van der Waals surface area contributed by atoms with Gasteiger partial charge in [0, 0.05) is 12.4 Å². The molecule has 1 rings (SSSR count). The predicted molar refractivity (Wildman–Crippen MR) is 38.8 cm³/mol. The smallest absolute Gasteiger partial charge is 0.218 e. The Morgan fingerprint density at radius 2 is 1.75 bits per heavy atom. The average molecular weight is 126 g/mol. The molecule has 0 saturated heterocycles. The average Bonchev–Trinajstić information content (AvgIpc) is 1.94. The Balaban J connectivity index is 2.64. The van der Waals surface area contributed by atoms with Crippen LogP contribution >= 0.6 is 12.2 Å². The lowest BCUT2D eigenvalue weighted by Gasteiger charge is -1.76. The molecule has 0 saturated carbocycles. The SMILES string of the molecule is S=C1N=CCCC=N1. The molecule has 0 spiro atoms. The quantitative estimate of drug-likeness (QED) is 0.448. The van der Waals surface area contributed by atoms with Crippen LogP contribution in [0.4, 0.5) is 0 Å². The Bertz CT molecular complexity index is 133. The Kier molecular flexibility index (Phi) is 1.86. The molecule has 3 heteroatoms. The van der Waals surface area contributed by atoms with Crippen LogP contribution in [-0.2, 0) is 0 Å². The topological polar surface area (TPSA) is 24.7 Å². The lowest BCUT2D eigenvalue weighted by atomic mass is 10.4. The molecular formula is C5H6N2S. The van der Waals surface area contributed by atoms with Crippen molar-refractivity contribution in [3.8, 4) is 0 Å². The molecule has 8 heavy (non-hydrogen) atoms. The van der Waals surface area contributed by atoms with Crippen LogP contribution in [0.2, 0.25) is 0 Å². The first-order valence-electron chi connectivity index (χ1n) is 2.48. The van der Waals surface area contributed by atoms with Crippen LogP contribution in [-0.4, -0.2) is 17.5 Å². The highest BCUT2D eigenvalue weighted by Crippen LogP contribution is 1.90. The maximum absolute atomic E-state index is 4.70. The summed E-state index contributed by atoms with van der Waals surface area (Å²) in [6, 6.07) is 0. The first-order chi connectivity index (χ1) is 3.89. The van der Waals surface area contributed by atoms with Crippen LogP contribution in [0.5, 0.6) is 0 Å². The number of hydrogen-bond donors (Lipinski definition) is 0. The molecule has 1 aliphatic heterocycles. The van der Waals surface area contributed by atoms with Crippen LogP contribution in [0.1, 0.15) is 12.8 Å². The minimum absolute atomic E-state index is 0.447. The fourth-order valence-electron chi connectivity index (χ4n) is 0.468. The van der Waals surface area contributed by atoms with Gasteiger partial charge >= 0.3 is 0 Å². The highest BCUT2D eigenvalue weighted by atomic mass is 32.1. The normalized spacial score (nSPS) is 18.8. The Morgan fingerprint density at radius 3 is 2.25 bits per heavy atom. The van der Waals surface area contributed by atoms with E-state index in [2.05, 4.69) is 9.98 Å². The fourth-order valence-corrected chi connectivity index (χ4v) is 0.617. The number of hydrogen-bond acceptors (Lipinski definition) is 1. The van der Waals surface area contributed by atoms with Crippen molar-refractivity contribution in [3.63, 3.8) is 0 Å². The predicted octanol–water partition coefficient (Wildman–Crippen LogP) is 1.21. The van der Waals surface area contributed by atoms with Crippen LogP contribution in [0.15, 0.2) is 9.98 Å². The standard InChI is InChI=1S/C5H6N2S/c8-5-6-3-1-2-4-7-5/h3-4H,1-2H2. The van der Waals surface area contributed by atoms with E-state index in [9.17, 15) is 0 Å². The number of thiocarbonyl (C=S) groups is 1. The van der Waals surface area contributed by atoms with Crippen molar-refractivity contribution in [3.05, 3.63) is 0 Å². The summed E-state index contributed by atoms with van der Waals surface area (Å²) in [6.45, 7) is 0. The number of nitrogens with zero attached hydrogens (tertiary/aromatic N) is 2. The van der Waals surface area contributed by atoms with E-state index in [0.29, 0.717) is 5.11 Å². The largest absolute Gasteiger partial charge is 0.232 e. The zero-order chi connectivity index (χ0) is 5.82. The molecule has 0 N–H and O–H groups in total. The van der Waals surface area contributed by atoms with Gasteiger partial charge in [-0.1, -0.05) is 0 Å². The van der Waals surface area contributed by atoms with E-state index in [1.807, 2.05) is 0 Å². The third kappa shape index (κ3) is 1.50. The minimum Gasteiger partial charge on any atom is -0.232 e. The Morgan fingerprint density at radius 1 is 1.25 bits per heavy atom. The molecule has 0 bridgehead atoms. The van der Waals surface area contributed by atoms with Crippen LogP contribution in [0.3, 0.4) is 0 Å². The van der Waals surface area contributed by atoms with E-state index in [-0.39, 0.29) is 0 Å². The van der Waals surface area contributed by atoms with E-state index in [1.165, 1.54) is 0 Å². The lowest BCUT2D eigenvalue weighted by molar-refractivity contribution is 1.21. The molecular weight excluding hydrogens is 120 g/mol. The van der Waals surface area contributed by atoms with Crippen molar-refractivity contribution in [1.29, 1.82) is 0 Å². The first-order valence-corrected chi connectivity index (χ1v) is 2.89. The van der Waals surface area contributed by atoms with Crippen molar-refractivity contribution >= 4 is 29.8 Å². The minimum atomic E-state index is 0.447. The van der Waals surface area contributed by atoms with Crippen LogP contribution in [0, 0.1) is 0 Å². The van der Waals surface area contributed by atoms with Gasteiger partial charge in [0.15, 0.2) is 0 Å². The summed E-state index contributed by atoms with van der Waals surface area (Å²) in [7, 11) is 0. The van der Waals surface area contributed by atoms with E-state index in [4.69, 9.17) is 12.2 Å². The summed E-state index contributed by atoms with van der Waals surface area (Å²) >= 11 is 4.70. The summed E-state index contributed by atoms with van der Waals surface area (Å²) in [5.74, 6) is 0. The third-order valence-electron chi connectivity index (χ3n) is 0.828. The molecule has 0 atom stereocenters. The van der Waals surface area contributed by atoms with E-state index in [1.54, 1.807) is 12.4 Å². The van der Waals surface area contributed by atoms with E-state index >= 15 is 0 Å². The molecule has 0 aromatic carbocycles. The molecule has 2 nitrogen and oxygen atoms in total. The summed E-state index contributed by atoms with van der Waals surface area (Å²) in [5, 5.41) is 0.447. The van der Waals surface area contributed by atoms with Gasteiger partial charge in [0.25, 0.3) is 0 Å². The molecule has 0 aromatic rings. The Labute approximate surface area is 53.3 Å². The molecule has 1 aliphatic rings. The summed E-state index contributed by atoms with van der Waals surface area (Å²) in [6.07, 6.45) is 5.53. The highest BCUT2D eigenvalue weighted by molar-refractivity contribution is 7.80. The second-order valence-electron chi connectivity index (χ2n) is 1.48. The maximum Gasteiger partial charge on any atom is 0.218 e. The highest BCUT2D eigenvalue weighted by Gasteiger charge is 1.88. The van der Waals surface area contributed by atoms with Gasteiger partial charge in [-0.2, -0.15) is 0 Å².